The van der Waals surface area contributed by atoms with Crippen LogP contribution in [0.1, 0.15) is 47.9 Å². The molecule has 0 N–H and O–H groups in total. The Bertz CT molecular complexity index is 701. The number of hydrogen-bond donors (Lipinski definition) is 0. The van der Waals surface area contributed by atoms with E-state index in [1.54, 1.807) is 24.1 Å². The van der Waals surface area contributed by atoms with E-state index in [0.29, 0.717) is 49.3 Å². The average Bonchev–Trinajstić information content (AvgIpc) is 3.30. The Morgan fingerprint density at radius 3 is 2.96 bits per heavy atom. The molecule has 3 rings (SSSR count). The largest absolute Gasteiger partial charge is 0.475 e. The topological polar surface area (TPSA) is 90.6 Å². The molecule has 0 aromatic carbocycles. The van der Waals surface area contributed by atoms with Crippen LogP contribution in [0.4, 0.5) is 0 Å². The molecule has 8 heteroatoms. The number of hydrogen-bond acceptors (Lipinski definition) is 7. The third-order valence-corrected chi connectivity index (χ3v) is 4.12. The SMILES string of the molecule is CCc1nc([C@H]2CCCN2C(=O)c2ccc(OCCOC)nc2)no1. The van der Waals surface area contributed by atoms with E-state index in [-0.39, 0.29) is 11.9 Å². The fourth-order valence-electron chi connectivity index (χ4n) is 2.81. The first-order valence-electron chi connectivity index (χ1n) is 8.44. The van der Waals surface area contributed by atoms with E-state index in [4.69, 9.17) is 14.0 Å². The number of rotatable bonds is 7. The van der Waals surface area contributed by atoms with Crippen molar-refractivity contribution in [2.75, 3.05) is 26.9 Å². The summed E-state index contributed by atoms with van der Waals surface area (Å²) in [6, 6.07) is 3.27. The minimum absolute atomic E-state index is 0.0821. The summed E-state index contributed by atoms with van der Waals surface area (Å²) in [5, 5.41) is 4.02. The number of carbonyl (C=O) groups excluding carboxylic acids is 1. The number of methoxy groups -OCH3 is 1. The first-order valence-corrected chi connectivity index (χ1v) is 8.44. The molecule has 0 aliphatic carbocycles. The van der Waals surface area contributed by atoms with Crippen molar-refractivity contribution in [1.29, 1.82) is 0 Å². The predicted molar refractivity (Wildman–Crippen MR) is 88.3 cm³/mol. The van der Waals surface area contributed by atoms with Crippen molar-refractivity contribution in [3.63, 3.8) is 0 Å². The van der Waals surface area contributed by atoms with Crippen LogP contribution in [0.5, 0.6) is 5.88 Å². The second-order valence-corrected chi connectivity index (χ2v) is 5.78. The molecule has 0 unspecified atom stereocenters. The summed E-state index contributed by atoms with van der Waals surface area (Å²) in [7, 11) is 1.61. The van der Waals surface area contributed by atoms with Gasteiger partial charge in [-0.05, 0) is 18.9 Å². The Balaban J connectivity index is 1.68. The number of nitrogens with zero attached hydrogens (tertiary/aromatic N) is 4. The van der Waals surface area contributed by atoms with E-state index >= 15 is 0 Å². The Kier molecular flexibility index (Phi) is 5.60. The van der Waals surface area contributed by atoms with Gasteiger partial charge in [0.15, 0.2) is 5.82 Å². The molecule has 0 saturated carbocycles. The third kappa shape index (κ3) is 3.96. The summed E-state index contributed by atoms with van der Waals surface area (Å²) < 4.78 is 15.5. The number of carbonyl (C=O) groups is 1. The number of aryl methyl sites for hydroxylation is 1. The van der Waals surface area contributed by atoms with Crippen LogP contribution in [0.2, 0.25) is 0 Å². The molecule has 0 spiro atoms. The van der Waals surface area contributed by atoms with Crippen LogP contribution in [0.25, 0.3) is 0 Å². The highest BCUT2D eigenvalue weighted by atomic mass is 16.5. The fraction of sp³-hybridized carbons (Fsp3) is 0.529. The van der Waals surface area contributed by atoms with E-state index in [0.717, 1.165) is 12.8 Å². The molecule has 25 heavy (non-hydrogen) atoms. The van der Waals surface area contributed by atoms with Crippen LogP contribution >= 0.6 is 0 Å². The quantitative estimate of drug-likeness (QED) is 0.708. The summed E-state index contributed by atoms with van der Waals surface area (Å²) in [4.78, 5) is 23.2. The molecular weight excluding hydrogens is 324 g/mol. The lowest BCUT2D eigenvalue weighted by Crippen LogP contribution is -2.31. The highest BCUT2D eigenvalue weighted by molar-refractivity contribution is 5.94. The van der Waals surface area contributed by atoms with Crippen molar-refractivity contribution in [2.24, 2.45) is 0 Å². The predicted octanol–water partition coefficient (Wildman–Crippen LogP) is 2.03. The highest BCUT2D eigenvalue weighted by Crippen LogP contribution is 2.31. The van der Waals surface area contributed by atoms with Gasteiger partial charge in [-0.2, -0.15) is 4.98 Å². The zero-order valence-electron chi connectivity index (χ0n) is 14.5. The van der Waals surface area contributed by atoms with Gasteiger partial charge in [0.25, 0.3) is 5.91 Å². The zero-order valence-corrected chi connectivity index (χ0v) is 14.5. The van der Waals surface area contributed by atoms with Gasteiger partial charge < -0.3 is 18.9 Å². The Hall–Kier alpha value is -2.48. The molecule has 1 aliphatic rings. The number of ether oxygens (including phenoxy) is 2. The molecule has 8 nitrogen and oxygen atoms in total. The van der Waals surface area contributed by atoms with Gasteiger partial charge in [0.05, 0.1) is 18.2 Å². The molecule has 2 aromatic heterocycles. The minimum atomic E-state index is -0.144. The normalized spacial score (nSPS) is 17.0. The number of pyridine rings is 1. The number of amides is 1. The van der Waals surface area contributed by atoms with Crippen LogP contribution in [0.3, 0.4) is 0 Å². The van der Waals surface area contributed by atoms with E-state index in [9.17, 15) is 4.79 Å². The van der Waals surface area contributed by atoms with Crippen molar-refractivity contribution in [3.05, 3.63) is 35.6 Å². The zero-order chi connectivity index (χ0) is 17.6. The van der Waals surface area contributed by atoms with Crippen molar-refractivity contribution in [2.45, 2.75) is 32.2 Å². The van der Waals surface area contributed by atoms with Crippen LogP contribution in [-0.2, 0) is 11.2 Å². The molecule has 1 saturated heterocycles. The van der Waals surface area contributed by atoms with Gasteiger partial charge in [-0.15, -0.1) is 0 Å². The van der Waals surface area contributed by atoms with Gasteiger partial charge in [-0.3, -0.25) is 4.79 Å². The summed E-state index contributed by atoms with van der Waals surface area (Å²) >= 11 is 0. The average molecular weight is 346 g/mol. The summed E-state index contributed by atoms with van der Waals surface area (Å²) in [6.45, 7) is 3.53. The maximum atomic E-state index is 12.8. The van der Waals surface area contributed by atoms with Crippen LogP contribution < -0.4 is 4.74 Å². The lowest BCUT2D eigenvalue weighted by Gasteiger charge is -2.22. The Morgan fingerprint density at radius 1 is 1.40 bits per heavy atom. The Labute approximate surface area is 146 Å². The third-order valence-electron chi connectivity index (χ3n) is 4.12. The lowest BCUT2D eigenvalue weighted by atomic mass is 10.2. The maximum Gasteiger partial charge on any atom is 0.256 e. The number of aromatic nitrogens is 3. The van der Waals surface area contributed by atoms with Crippen LogP contribution in [0, 0.1) is 0 Å². The second-order valence-electron chi connectivity index (χ2n) is 5.78. The standard InChI is InChI=1S/C17H22N4O4/c1-3-14-19-16(20-25-14)13-5-4-8-21(13)17(22)12-6-7-15(18-11-12)24-10-9-23-2/h6-7,11,13H,3-5,8-10H2,1-2H3/t13-/m1/s1. The first-order chi connectivity index (χ1) is 12.2. The van der Waals surface area contributed by atoms with E-state index in [1.807, 2.05) is 6.92 Å². The molecule has 1 aliphatic heterocycles. The van der Waals surface area contributed by atoms with Gasteiger partial charge in [-0.25, -0.2) is 4.98 Å². The van der Waals surface area contributed by atoms with Crippen molar-refractivity contribution in [1.82, 2.24) is 20.0 Å². The van der Waals surface area contributed by atoms with Gasteiger partial charge in [0.2, 0.25) is 11.8 Å². The molecule has 0 bridgehead atoms. The molecule has 1 atom stereocenters. The summed E-state index contributed by atoms with van der Waals surface area (Å²) in [5.41, 5.74) is 0.519. The van der Waals surface area contributed by atoms with Crippen molar-refractivity contribution >= 4 is 5.91 Å². The summed E-state index contributed by atoms with van der Waals surface area (Å²) in [5.74, 6) is 1.56. The minimum Gasteiger partial charge on any atom is -0.475 e. The van der Waals surface area contributed by atoms with Crippen molar-refractivity contribution in [3.8, 4) is 5.88 Å². The van der Waals surface area contributed by atoms with Crippen LogP contribution in [-0.4, -0.2) is 52.8 Å². The van der Waals surface area contributed by atoms with Gasteiger partial charge in [0, 0.05) is 32.3 Å². The molecule has 134 valence electrons. The highest BCUT2D eigenvalue weighted by Gasteiger charge is 2.33. The van der Waals surface area contributed by atoms with Crippen LogP contribution in [0.15, 0.2) is 22.9 Å². The first kappa shape index (κ1) is 17.3. The van der Waals surface area contributed by atoms with E-state index < -0.39 is 0 Å². The van der Waals surface area contributed by atoms with Gasteiger partial charge in [-0.1, -0.05) is 12.1 Å². The van der Waals surface area contributed by atoms with Crippen molar-refractivity contribution < 1.29 is 18.8 Å². The molecule has 1 amide bonds. The summed E-state index contributed by atoms with van der Waals surface area (Å²) in [6.07, 6.45) is 3.97. The monoisotopic (exact) mass is 346 g/mol. The van der Waals surface area contributed by atoms with Gasteiger partial charge in [0.1, 0.15) is 6.61 Å². The van der Waals surface area contributed by atoms with E-state index in [2.05, 4.69) is 15.1 Å². The molecular formula is C17H22N4O4. The van der Waals surface area contributed by atoms with Gasteiger partial charge >= 0.3 is 0 Å². The maximum absolute atomic E-state index is 12.8. The molecule has 2 aromatic rings. The molecule has 3 heterocycles. The smallest absolute Gasteiger partial charge is 0.256 e. The number of likely N-dealkylation sites (tertiary alicyclic amines) is 1. The Morgan fingerprint density at radius 2 is 2.28 bits per heavy atom. The second kappa shape index (κ2) is 8.06. The molecule has 1 fully saturated rings. The molecule has 0 radical (unpaired) electrons. The van der Waals surface area contributed by atoms with E-state index in [1.165, 1.54) is 6.20 Å². The fourth-order valence-corrected chi connectivity index (χ4v) is 2.81. The lowest BCUT2D eigenvalue weighted by molar-refractivity contribution is 0.0727.